The molecule has 208 valence electrons. The number of nitrogens with one attached hydrogen (secondary N) is 1. The summed E-state index contributed by atoms with van der Waals surface area (Å²) in [6.45, 7) is 4.18. The van der Waals surface area contributed by atoms with E-state index in [1.807, 2.05) is 54.3 Å². The number of anilines is 2. The van der Waals surface area contributed by atoms with Crippen LogP contribution < -0.4 is 19.7 Å². The minimum atomic E-state index is -0.500. The van der Waals surface area contributed by atoms with E-state index in [9.17, 15) is 9.59 Å². The summed E-state index contributed by atoms with van der Waals surface area (Å²) < 4.78 is 11.0. The molecule has 1 N–H and O–H groups in total. The fourth-order valence-corrected chi connectivity index (χ4v) is 5.92. The molecule has 0 unspecified atom stereocenters. The maximum atomic E-state index is 14.2. The molecule has 2 aliphatic rings. The van der Waals surface area contributed by atoms with Crippen LogP contribution in [0, 0.1) is 6.92 Å². The molecule has 6 nitrogen and oxygen atoms in total. The largest absolute Gasteiger partial charge is 0.493 e. The zero-order valence-electron chi connectivity index (χ0n) is 23.8. The van der Waals surface area contributed by atoms with Gasteiger partial charge in [-0.1, -0.05) is 67.8 Å². The lowest BCUT2D eigenvalue weighted by Gasteiger charge is -2.35. The van der Waals surface area contributed by atoms with E-state index >= 15 is 0 Å². The number of nitrogens with zero attached hydrogens (tertiary/aromatic N) is 1. The number of ketones is 1. The summed E-state index contributed by atoms with van der Waals surface area (Å²) in [6, 6.07) is 21.5. The topological polar surface area (TPSA) is 67.9 Å². The first kappa shape index (κ1) is 27.5. The summed E-state index contributed by atoms with van der Waals surface area (Å²) in [5.74, 6) is 1.37. The average molecular weight is 539 g/mol. The highest BCUT2D eigenvalue weighted by atomic mass is 16.5. The molecule has 1 aliphatic carbocycles. The molecule has 0 aromatic heterocycles. The van der Waals surface area contributed by atoms with Gasteiger partial charge in [0.2, 0.25) is 5.91 Å². The number of aryl methyl sites for hydroxylation is 1. The number of fused-ring (bicyclic) bond motifs is 1. The number of amides is 1. The number of rotatable bonds is 8. The highest BCUT2D eigenvalue weighted by Gasteiger charge is 2.41. The SMILES string of the molecule is CCCCCC(=O)N1c2ccccc2NC2=C(C(=O)C[C@@H](c3ccc(OC)c(OC)c3)C2)[C@@H]1c1ccc(C)cc1. The van der Waals surface area contributed by atoms with Gasteiger partial charge in [0.1, 0.15) is 0 Å². The van der Waals surface area contributed by atoms with Gasteiger partial charge in [-0.2, -0.15) is 0 Å². The van der Waals surface area contributed by atoms with Gasteiger partial charge in [-0.3, -0.25) is 14.5 Å². The summed E-state index contributed by atoms with van der Waals surface area (Å²) in [7, 11) is 3.24. The van der Waals surface area contributed by atoms with Crippen molar-refractivity contribution in [2.24, 2.45) is 0 Å². The fourth-order valence-electron chi connectivity index (χ4n) is 5.92. The molecule has 0 radical (unpaired) electrons. The van der Waals surface area contributed by atoms with Crippen molar-refractivity contribution in [2.75, 3.05) is 24.4 Å². The van der Waals surface area contributed by atoms with E-state index in [1.165, 1.54) is 0 Å². The molecule has 0 saturated carbocycles. The van der Waals surface area contributed by atoms with Crippen LogP contribution in [-0.2, 0) is 9.59 Å². The van der Waals surface area contributed by atoms with E-state index in [-0.39, 0.29) is 17.6 Å². The van der Waals surface area contributed by atoms with Crippen molar-refractivity contribution in [3.05, 3.63) is 94.7 Å². The Bertz CT molecular complexity index is 1430. The van der Waals surface area contributed by atoms with Gasteiger partial charge >= 0.3 is 0 Å². The summed E-state index contributed by atoms with van der Waals surface area (Å²) in [5, 5.41) is 3.61. The first-order chi connectivity index (χ1) is 19.4. The van der Waals surface area contributed by atoms with E-state index in [0.29, 0.717) is 36.3 Å². The third-order valence-electron chi connectivity index (χ3n) is 8.02. The van der Waals surface area contributed by atoms with Crippen molar-refractivity contribution < 1.29 is 19.1 Å². The number of hydrogen-bond donors (Lipinski definition) is 1. The number of carbonyl (C=O) groups is 2. The minimum absolute atomic E-state index is 0.0313. The molecule has 0 fully saturated rings. The van der Waals surface area contributed by atoms with Crippen molar-refractivity contribution in [2.45, 2.75) is 64.3 Å². The Labute approximate surface area is 237 Å². The Hall–Kier alpha value is -4.06. The van der Waals surface area contributed by atoms with Crippen molar-refractivity contribution in [1.82, 2.24) is 0 Å². The van der Waals surface area contributed by atoms with E-state index < -0.39 is 6.04 Å². The highest BCUT2D eigenvalue weighted by Crippen LogP contribution is 2.48. The molecule has 0 spiro atoms. The fraction of sp³-hybridized carbons (Fsp3) is 0.353. The Morgan fingerprint density at radius 2 is 1.65 bits per heavy atom. The molecule has 5 rings (SSSR count). The average Bonchev–Trinajstić information content (AvgIpc) is 3.12. The molecule has 40 heavy (non-hydrogen) atoms. The van der Waals surface area contributed by atoms with Crippen LogP contribution in [0.1, 0.15) is 74.1 Å². The van der Waals surface area contributed by atoms with Crippen LogP contribution in [0.4, 0.5) is 11.4 Å². The Morgan fingerprint density at radius 1 is 0.925 bits per heavy atom. The molecule has 3 aromatic rings. The van der Waals surface area contributed by atoms with Crippen LogP contribution in [0.2, 0.25) is 0 Å². The van der Waals surface area contributed by atoms with E-state index in [1.54, 1.807) is 14.2 Å². The number of methoxy groups -OCH3 is 2. The molecule has 6 heteroatoms. The van der Waals surface area contributed by atoms with Crippen molar-refractivity contribution in [1.29, 1.82) is 0 Å². The molecule has 0 saturated heterocycles. The number of para-hydroxylation sites is 2. The van der Waals surface area contributed by atoms with Gasteiger partial charge < -0.3 is 14.8 Å². The number of benzene rings is 3. The number of ether oxygens (including phenoxy) is 2. The molecule has 2 atom stereocenters. The molecular formula is C34H38N2O4. The van der Waals surface area contributed by atoms with E-state index in [2.05, 4.69) is 36.5 Å². The summed E-state index contributed by atoms with van der Waals surface area (Å²) in [4.78, 5) is 30.0. The van der Waals surface area contributed by atoms with Gasteiger partial charge in [-0.15, -0.1) is 0 Å². The van der Waals surface area contributed by atoms with Crippen LogP contribution in [0.5, 0.6) is 11.5 Å². The highest BCUT2D eigenvalue weighted by molar-refractivity contribution is 6.06. The van der Waals surface area contributed by atoms with Crippen LogP contribution in [0.25, 0.3) is 0 Å². The lowest BCUT2D eigenvalue weighted by atomic mass is 9.78. The van der Waals surface area contributed by atoms with Crippen LogP contribution in [0.3, 0.4) is 0 Å². The second kappa shape index (κ2) is 12.0. The van der Waals surface area contributed by atoms with Gasteiger partial charge in [-0.25, -0.2) is 0 Å². The summed E-state index contributed by atoms with van der Waals surface area (Å²) in [5.41, 5.74) is 6.30. The van der Waals surface area contributed by atoms with Gasteiger partial charge in [0.25, 0.3) is 0 Å². The molecule has 3 aromatic carbocycles. The molecule has 0 bridgehead atoms. The first-order valence-electron chi connectivity index (χ1n) is 14.2. The molecule has 1 aliphatic heterocycles. The monoisotopic (exact) mass is 538 g/mol. The normalized spacial score (nSPS) is 18.4. The Balaban J connectivity index is 1.64. The number of unbranched alkanes of at least 4 members (excludes halogenated alkanes) is 2. The Morgan fingerprint density at radius 3 is 2.38 bits per heavy atom. The third kappa shape index (κ3) is 5.35. The number of Topliss-reactive ketones (excluding diaryl/α,β-unsaturated/α-hetero) is 1. The van der Waals surface area contributed by atoms with Crippen LogP contribution >= 0.6 is 0 Å². The molecule has 1 amide bonds. The number of hydrogen-bond acceptors (Lipinski definition) is 5. The van der Waals surface area contributed by atoms with Crippen LogP contribution in [0.15, 0.2) is 78.0 Å². The molecule has 1 heterocycles. The lowest BCUT2D eigenvalue weighted by molar-refractivity contribution is -0.119. The summed E-state index contributed by atoms with van der Waals surface area (Å²) >= 11 is 0. The van der Waals surface area contributed by atoms with Gasteiger partial charge in [0, 0.05) is 24.1 Å². The third-order valence-corrected chi connectivity index (χ3v) is 8.02. The maximum Gasteiger partial charge on any atom is 0.227 e. The van der Waals surface area contributed by atoms with E-state index in [0.717, 1.165) is 53.0 Å². The van der Waals surface area contributed by atoms with Gasteiger partial charge in [0.15, 0.2) is 17.3 Å². The molecular weight excluding hydrogens is 500 g/mol. The Kier molecular flexibility index (Phi) is 8.24. The number of carbonyl (C=O) groups excluding carboxylic acids is 2. The van der Waals surface area contributed by atoms with Gasteiger partial charge in [0.05, 0.1) is 31.6 Å². The maximum absolute atomic E-state index is 14.2. The quantitative estimate of drug-likeness (QED) is 0.301. The van der Waals surface area contributed by atoms with Crippen molar-refractivity contribution in [3.8, 4) is 11.5 Å². The minimum Gasteiger partial charge on any atom is -0.493 e. The first-order valence-corrected chi connectivity index (χ1v) is 14.2. The predicted molar refractivity (Wildman–Crippen MR) is 159 cm³/mol. The zero-order chi connectivity index (χ0) is 28.2. The predicted octanol–water partition coefficient (Wildman–Crippen LogP) is 7.49. The lowest BCUT2D eigenvalue weighted by Crippen LogP contribution is -2.38. The van der Waals surface area contributed by atoms with Crippen molar-refractivity contribution in [3.63, 3.8) is 0 Å². The summed E-state index contributed by atoms with van der Waals surface area (Å²) in [6.07, 6.45) is 4.29. The zero-order valence-corrected chi connectivity index (χ0v) is 23.8. The van der Waals surface area contributed by atoms with Crippen molar-refractivity contribution >= 4 is 23.1 Å². The smallest absolute Gasteiger partial charge is 0.227 e. The van der Waals surface area contributed by atoms with Gasteiger partial charge in [-0.05, 0) is 61.1 Å². The standard InChI is InChI=1S/C34H38N2O4/c1-5-6-7-12-32(38)36-28-11-9-8-10-26(28)35-27-19-25(24-17-18-30(39-3)31(21-24)40-4)20-29(37)33(27)34(36)23-15-13-22(2)14-16-23/h8-11,13-18,21,25,34-35H,5-7,12,19-20H2,1-4H3/t25-,34-/m0/s1. The number of allylic oxidation sites excluding steroid dienone is 1. The van der Waals surface area contributed by atoms with Crippen LogP contribution in [-0.4, -0.2) is 25.9 Å². The van der Waals surface area contributed by atoms with E-state index in [4.69, 9.17) is 9.47 Å². The second-order valence-electron chi connectivity index (χ2n) is 10.7. The second-order valence-corrected chi connectivity index (χ2v) is 10.7.